The molecule has 0 radical (unpaired) electrons. The first-order valence-electron chi connectivity index (χ1n) is 3.80. The molecule has 2 nitrogen and oxygen atoms in total. The quantitative estimate of drug-likeness (QED) is 0.318. The van der Waals surface area contributed by atoms with Crippen molar-refractivity contribution in [3.05, 3.63) is 0 Å². The molecule has 0 aliphatic rings. The fraction of sp³-hybridized carbons (Fsp3) is 0.875. The Morgan fingerprint density at radius 2 is 1.80 bits per heavy atom. The van der Waals surface area contributed by atoms with Crippen molar-refractivity contribution in [2.75, 3.05) is 28.2 Å². The minimum Gasteiger partial charge on any atom is -0.271 e. The van der Waals surface area contributed by atoms with Gasteiger partial charge in [-0.25, -0.2) is 0 Å². The van der Waals surface area contributed by atoms with E-state index in [1.165, 1.54) is 18.7 Å². The van der Waals surface area contributed by atoms with Gasteiger partial charge in [-0.2, -0.15) is 0 Å². The Balaban J connectivity index is 4.13. The van der Waals surface area contributed by atoms with Gasteiger partial charge in [-0.15, -0.1) is 0 Å². The Morgan fingerprint density at radius 1 is 1.30 bits per heavy atom. The van der Waals surface area contributed by atoms with Gasteiger partial charge >= 0.3 is 0 Å². The van der Waals surface area contributed by atoms with E-state index in [2.05, 4.69) is 44.6 Å². The Kier molecular flexibility index (Phi) is 4.08. The smallest absolute Gasteiger partial charge is 0.245 e. The lowest BCUT2D eigenvalue weighted by molar-refractivity contribution is -0.471. The minimum absolute atomic E-state index is 1.17. The molecule has 60 valence electrons. The number of rotatable bonds is 2. The molecule has 0 unspecified atom stereocenters. The van der Waals surface area contributed by atoms with E-state index in [0.717, 1.165) is 0 Å². The Labute approximate surface area is 64.2 Å². The molecular formula is C8H19N2+. The van der Waals surface area contributed by atoms with Crippen LogP contribution < -0.4 is 0 Å². The monoisotopic (exact) mass is 143 g/mol. The molecule has 0 saturated carbocycles. The van der Waals surface area contributed by atoms with Crippen molar-refractivity contribution in [2.45, 2.75) is 19.8 Å². The highest BCUT2D eigenvalue weighted by Crippen LogP contribution is 1.93. The molecule has 0 aliphatic heterocycles. The van der Waals surface area contributed by atoms with E-state index < -0.39 is 0 Å². The molecule has 0 atom stereocenters. The second kappa shape index (κ2) is 4.31. The number of amidine groups is 1. The van der Waals surface area contributed by atoms with E-state index in [1.807, 2.05) is 0 Å². The average Bonchev–Trinajstić information content (AvgIpc) is 1.81. The third-order valence-electron chi connectivity index (χ3n) is 1.51. The highest BCUT2D eigenvalue weighted by Gasteiger charge is 2.08. The molecule has 0 saturated heterocycles. The molecule has 0 aromatic rings. The van der Waals surface area contributed by atoms with Crippen molar-refractivity contribution >= 4 is 5.84 Å². The summed E-state index contributed by atoms with van der Waals surface area (Å²) in [6.45, 7) is 2.20. The molecule has 0 N–H and O–H groups in total. The fourth-order valence-corrected chi connectivity index (χ4v) is 1.07. The third kappa shape index (κ3) is 2.85. The van der Waals surface area contributed by atoms with Crippen LogP contribution in [0.25, 0.3) is 0 Å². The maximum Gasteiger partial charge on any atom is 0.245 e. The van der Waals surface area contributed by atoms with Crippen LogP contribution in [0.4, 0.5) is 0 Å². The molecule has 0 spiro atoms. The Bertz CT molecular complexity index is 121. The lowest BCUT2D eigenvalue weighted by Gasteiger charge is -2.09. The van der Waals surface area contributed by atoms with E-state index in [-0.39, 0.29) is 0 Å². The molecule has 0 aromatic carbocycles. The highest BCUT2D eigenvalue weighted by molar-refractivity contribution is 5.76. The van der Waals surface area contributed by atoms with Crippen LogP contribution in [0, 0.1) is 0 Å². The SMILES string of the molecule is CCCC(N(C)C)=[N+](C)C. The molecule has 0 aliphatic carbocycles. The van der Waals surface area contributed by atoms with E-state index in [4.69, 9.17) is 0 Å². The van der Waals surface area contributed by atoms with Gasteiger partial charge in [0.1, 0.15) is 0 Å². The van der Waals surface area contributed by atoms with Crippen molar-refractivity contribution in [2.24, 2.45) is 0 Å². The standard InChI is InChI=1S/C8H19N2/c1-6-7-8(9(2)3)10(4)5/h6-7H2,1-5H3/q+1. The van der Waals surface area contributed by atoms with E-state index in [0.29, 0.717) is 0 Å². The van der Waals surface area contributed by atoms with E-state index in [9.17, 15) is 0 Å². The third-order valence-corrected chi connectivity index (χ3v) is 1.51. The predicted molar refractivity (Wildman–Crippen MR) is 45.7 cm³/mol. The van der Waals surface area contributed by atoms with Gasteiger partial charge in [0.15, 0.2) is 0 Å². The van der Waals surface area contributed by atoms with Gasteiger partial charge < -0.3 is 0 Å². The molecule has 0 bridgehead atoms. The molecule has 0 fully saturated rings. The molecule has 2 heteroatoms. The first-order valence-corrected chi connectivity index (χ1v) is 3.80. The summed E-state index contributed by atoms with van der Waals surface area (Å²) in [7, 11) is 8.35. The summed E-state index contributed by atoms with van der Waals surface area (Å²) in [6, 6.07) is 0. The number of hydrogen-bond acceptors (Lipinski definition) is 0. The molecule has 0 rings (SSSR count). The van der Waals surface area contributed by atoms with Crippen LogP contribution in [0.1, 0.15) is 19.8 Å². The zero-order valence-corrected chi connectivity index (χ0v) is 7.81. The summed E-state index contributed by atoms with van der Waals surface area (Å²) in [5.74, 6) is 1.39. The summed E-state index contributed by atoms with van der Waals surface area (Å²) in [5, 5.41) is 0. The van der Waals surface area contributed by atoms with Crippen LogP contribution in [-0.4, -0.2) is 43.5 Å². The van der Waals surface area contributed by atoms with Gasteiger partial charge in [0, 0.05) is 6.42 Å². The lowest BCUT2D eigenvalue weighted by atomic mass is 10.3. The molecule has 0 aromatic heterocycles. The van der Waals surface area contributed by atoms with Crippen molar-refractivity contribution in [3.63, 3.8) is 0 Å². The van der Waals surface area contributed by atoms with Crippen LogP contribution in [0.2, 0.25) is 0 Å². The summed E-state index contributed by atoms with van der Waals surface area (Å²) < 4.78 is 2.17. The Morgan fingerprint density at radius 3 is 1.90 bits per heavy atom. The lowest BCUT2D eigenvalue weighted by Crippen LogP contribution is -2.29. The summed E-state index contributed by atoms with van der Waals surface area (Å²) >= 11 is 0. The van der Waals surface area contributed by atoms with Crippen LogP contribution in [0.15, 0.2) is 0 Å². The van der Waals surface area contributed by atoms with Gasteiger partial charge in [0.2, 0.25) is 5.84 Å². The van der Waals surface area contributed by atoms with Gasteiger partial charge in [-0.3, -0.25) is 9.48 Å². The first kappa shape index (κ1) is 9.47. The topological polar surface area (TPSA) is 6.25 Å². The second-order valence-electron chi connectivity index (χ2n) is 2.96. The van der Waals surface area contributed by atoms with Gasteiger partial charge in [-0.1, -0.05) is 6.92 Å². The van der Waals surface area contributed by atoms with Crippen LogP contribution in [-0.2, 0) is 0 Å². The summed E-state index contributed by atoms with van der Waals surface area (Å²) in [5.41, 5.74) is 0. The van der Waals surface area contributed by atoms with Crippen LogP contribution in [0.5, 0.6) is 0 Å². The molecule has 0 heterocycles. The van der Waals surface area contributed by atoms with Gasteiger partial charge in [-0.05, 0) is 6.42 Å². The largest absolute Gasteiger partial charge is 0.271 e. The first-order chi connectivity index (χ1) is 4.59. The van der Waals surface area contributed by atoms with E-state index >= 15 is 0 Å². The average molecular weight is 143 g/mol. The second-order valence-corrected chi connectivity index (χ2v) is 2.96. The van der Waals surface area contributed by atoms with Crippen LogP contribution in [0.3, 0.4) is 0 Å². The van der Waals surface area contributed by atoms with E-state index in [1.54, 1.807) is 0 Å². The normalized spacial score (nSPS) is 9.30. The highest BCUT2D eigenvalue weighted by atomic mass is 15.2. The van der Waals surface area contributed by atoms with Gasteiger partial charge in [0.05, 0.1) is 28.2 Å². The summed E-state index contributed by atoms with van der Waals surface area (Å²) in [4.78, 5) is 2.17. The predicted octanol–water partition coefficient (Wildman–Crippen LogP) is 1.02. The zero-order valence-electron chi connectivity index (χ0n) is 7.81. The van der Waals surface area contributed by atoms with Crippen molar-refractivity contribution in [1.29, 1.82) is 0 Å². The molecular weight excluding hydrogens is 124 g/mol. The summed E-state index contributed by atoms with van der Waals surface area (Å²) in [6.07, 6.45) is 2.38. The molecule has 10 heavy (non-hydrogen) atoms. The maximum atomic E-state index is 2.20. The van der Waals surface area contributed by atoms with Crippen molar-refractivity contribution < 1.29 is 4.58 Å². The minimum atomic E-state index is 1.17. The van der Waals surface area contributed by atoms with Crippen molar-refractivity contribution in [1.82, 2.24) is 4.90 Å². The molecule has 0 amide bonds. The Hall–Kier alpha value is -0.530. The number of hydrogen-bond donors (Lipinski definition) is 0. The maximum absolute atomic E-state index is 2.20. The van der Waals surface area contributed by atoms with Gasteiger partial charge in [0.25, 0.3) is 0 Å². The fourth-order valence-electron chi connectivity index (χ4n) is 1.07. The van der Waals surface area contributed by atoms with Crippen LogP contribution >= 0.6 is 0 Å². The zero-order chi connectivity index (χ0) is 8.15. The number of nitrogens with zero attached hydrogens (tertiary/aromatic N) is 2. The van der Waals surface area contributed by atoms with Crippen molar-refractivity contribution in [3.8, 4) is 0 Å².